The Balaban J connectivity index is 1.80. The van der Waals surface area contributed by atoms with Crippen LogP contribution in [-0.4, -0.2) is 33.9 Å². The Kier molecular flexibility index (Phi) is 5.16. The summed E-state index contributed by atoms with van der Waals surface area (Å²) in [6.45, 7) is 9.77. The van der Waals surface area contributed by atoms with E-state index in [-0.39, 0.29) is 11.8 Å². The zero-order valence-electron chi connectivity index (χ0n) is 15.6. The molecule has 1 aromatic carbocycles. The van der Waals surface area contributed by atoms with Crippen LogP contribution < -0.4 is 0 Å². The van der Waals surface area contributed by atoms with Gasteiger partial charge >= 0.3 is 0 Å². The first-order valence-corrected chi connectivity index (χ1v) is 9.15. The third-order valence-electron chi connectivity index (χ3n) is 5.08. The first kappa shape index (κ1) is 17.6. The van der Waals surface area contributed by atoms with Gasteiger partial charge in [0.2, 0.25) is 0 Å². The van der Waals surface area contributed by atoms with Crippen LogP contribution in [0.15, 0.2) is 30.5 Å². The van der Waals surface area contributed by atoms with Gasteiger partial charge < -0.3 is 4.90 Å². The molecule has 3 rings (SSSR count). The Hall–Kier alpha value is -2.23. The molecule has 1 fully saturated rings. The second kappa shape index (κ2) is 7.34. The van der Waals surface area contributed by atoms with E-state index < -0.39 is 0 Å². The minimum Gasteiger partial charge on any atom is -0.338 e. The lowest BCUT2D eigenvalue weighted by molar-refractivity contribution is 0.0705. The summed E-state index contributed by atoms with van der Waals surface area (Å²) in [7, 11) is 0. The van der Waals surface area contributed by atoms with Crippen LogP contribution in [0.5, 0.6) is 0 Å². The molecule has 1 amide bonds. The van der Waals surface area contributed by atoms with Gasteiger partial charge in [-0.1, -0.05) is 38.1 Å². The molecular formula is C21H27N3O. The second-order valence-electron chi connectivity index (χ2n) is 7.33. The Bertz CT molecular complexity index is 769. The predicted octanol–water partition coefficient (Wildman–Crippen LogP) is 4.24. The lowest BCUT2D eigenvalue weighted by atomic mass is 9.88. The van der Waals surface area contributed by atoms with E-state index in [0.29, 0.717) is 11.5 Å². The van der Waals surface area contributed by atoms with Crippen LogP contribution in [0.1, 0.15) is 71.5 Å². The van der Waals surface area contributed by atoms with Crippen molar-refractivity contribution >= 4 is 5.91 Å². The number of benzene rings is 1. The lowest BCUT2D eigenvalue weighted by Gasteiger charge is -2.34. The molecule has 1 aliphatic heterocycles. The Morgan fingerprint density at radius 2 is 2.00 bits per heavy atom. The molecule has 0 spiro atoms. The van der Waals surface area contributed by atoms with E-state index in [2.05, 4.69) is 55.0 Å². The zero-order chi connectivity index (χ0) is 18.0. The maximum atomic E-state index is 13.0. The van der Waals surface area contributed by atoms with E-state index >= 15 is 0 Å². The number of aryl methyl sites for hydroxylation is 2. The normalized spacial score (nSPS) is 17.8. The number of hydrogen-bond acceptors (Lipinski definition) is 3. The summed E-state index contributed by atoms with van der Waals surface area (Å²) in [5, 5.41) is 0. The standard InChI is InChI=1S/C21H27N3O/c1-14(2)20-22-12-19(16(4)23-20)21(25)24-11-7-9-17(13-24)18-10-6-5-8-15(18)3/h5-6,8,10,12,14,17H,7,9,11,13H2,1-4H3. The van der Waals surface area contributed by atoms with Gasteiger partial charge in [-0.15, -0.1) is 0 Å². The number of carbonyl (C=O) groups excluding carboxylic acids is 1. The number of aromatic nitrogens is 2. The van der Waals surface area contributed by atoms with Gasteiger partial charge in [0, 0.05) is 31.1 Å². The third kappa shape index (κ3) is 3.73. The lowest BCUT2D eigenvalue weighted by Crippen LogP contribution is -2.39. The van der Waals surface area contributed by atoms with E-state index in [4.69, 9.17) is 0 Å². The summed E-state index contributed by atoms with van der Waals surface area (Å²) in [6, 6.07) is 8.51. The van der Waals surface area contributed by atoms with Crippen molar-refractivity contribution in [2.24, 2.45) is 0 Å². The average molecular weight is 337 g/mol. The van der Waals surface area contributed by atoms with Crippen LogP contribution in [0.3, 0.4) is 0 Å². The van der Waals surface area contributed by atoms with Crippen LogP contribution >= 0.6 is 0 Å². The largest absolute Gasteiger partial charge is 0.338 e. The van der Waals surface area contributed by atoms with E-state index in [0.717, 1.165) is 37.4 Å². The van der Waals surface area contributed by atoms with Crippen molar-refractivity contribution in [3.8, 4) is 0 Å². The molecule has 0 aliphatic carbocycles. The minimum atomic E-state index is 0.0612. The summed E-state index contributed by atoms with van der Waals surface area (Å²) in [4.78, 5) is 23.9. The maximum absolute atomic E-state index is 13.0. The van der Waals surface area contributed by atoms with Crippen LogP contribution in [-0.2, 0) is 0 Å². The van der Waals surface area contributed by atoms with Gasteiger partial charge in [-0.3, -0.25) is 4.79 Å². The Morgan fingerprint density at radius 1 is 1.24 bits per heavy atom. The number of likely N-dealkylation sites (tertiary alicyclic amines) is 1. The van der Waals surface area contributed by atoms with Gasteiger partial charge in [0.25, 0.3) is 5.91 Å². The highest BCUT2D eigenvalue weighted by Crippen LogP contribution is 2.30. The van der Waals surface area contributed by atoms with E-state index in [1.54, 1.807) is 6.20 Å². The van der Waals surface area contributed by atoms with Gasteiger partial charge in [-0.05, 0) is 37.8 Å². The van der Waals surface area contributed by atoms with E-state index in [1.165, 1.54) is 11.1 Å². The van der Waals surface area contributed by atoms with Crippen molar-refractivity contribution in [1.29, 1.82) is 0 Å². The van der Waals surface area contributed by atoms with Gasteiger partial charge in [0.15, 0.2) is 0 Å². The van der Waals surface area contributed by atoms with Gasteiger partial charge in [-0.2, -0.15) is 0 Å². The molecule has 0 saturated carbocycles. The maximum Gasteiger partial charge on any atom is 0.257 e. The Morgan fingerprint density at radius 3 is 2.68 bits per heavy atom. The van der Waals surface area contributed by atoms with Crippen molar-refractivity contribution in [1.82, 2.24) is 14.9 Å². The van der Waals surface area contributed by atoms with Gasteiger partial charge in [0.1, 0.15) is 5.82 Å². The molecule has 1 atom stereocenters. The molecule has 1 aromatic heterocycles. The molecule has 25 heavy (non-hydrogen) atoms. The SMILES string of the molecule is Cc1ccccc1C1CCCN(C(=O)c2cnc(C(C)C)nc2C)C1. The van der Waals surface area contributed by atoms with Crippen molar-refractivity contribution < 1.29 is 4.79 Å². The molecule has 4 heteroatoms. The highest BCUT2D eigenvalue weighted by Gasteiger charge is 2.27. The summed E-state index contributed by atoms with van der Waals surface area (Å²) < 4.78 is 0. The van der Waals surface area contributed by atoms with E-state index in [9.17, 15) is 4.79 Å². The number of carbonyl (C=O) groups is 1. The smallest absolute Gasteiger partial charge is 0.257 e. The van der Waals surface area contributed by atoms with Crippen LogP contribution in [0.25, 0.3) is 0 Å². The van der Waals surface area contributed by atoms with Crippen molar-refractivity contribution in [2.75, 3.05) is 13.1 Å². The van der Waals surface area contributed by atoms with Crippen LogP contribution in [0, 0.1) is 13.8 Å². The fourth-order valence-electron chi connectivity index (χ4n) is 3.60. The fourth-order valence-corrected chi connectivity index (χ4v) is 3.60. The summed E-state index contributed by atoms with van der Waals surface area (Å²) in [6.07, 6.45) is 3.88. The molecule has 1 aliphatic rings. The monoisotopic (exact) mass is 337 g/mol. The summed E-state index contributed by atoms with van der Waals surface area (Å²) in [5.41, 5.74) is 4.09. The van der Waals surface area contributed by atoms with Crippen molar-refractivity contribution in [3.05, 3.63) is 58.7 Å². The van der Waals surface area contributed by atoms with Crippen LogP contribution in [0.4, 0.5) is 0 Å². The van der Waals surface area contributed by atoms with Crippen molar-refractivity contribution in [3.63, 3.8) is 0 Å². The molecule has 0 radical (unpaired) electrons. The first-order chi connectivity index (χ1) is 12.0. The number of hydrogen-bond donors (Lipinski definition) is 0. The number of piperidine rings is 1. The predicted molar refractivity (Wildman–Crippen MR) is 99.9 cm³/mol. The third-order valence-corrected chi connectivity index (χ3v) is 5.08. The zero-order valence-corrected chi connectivity index (χ0v) is 15.6. The topological polar surface area (TPSA) is 46.1 Å². The number of rotatable bonds is 3. The molecule has 0 N–H and O–H groups in total. The molecule has 2 aromatic rings. The number of nitrogens with zero attached hydrogens (tertiary/aromatic N) is 3. The highest BCUT2D eigenvalue weighted by molar-refractivity contribution is 5.95. The summed E-state index contributed by atoms with van der Waals surface area (Å²) in [5.74, 6) is 1.54. The highest BCUT2D eigenvalue weighted by atomic mass is 16.2. The van der Waals surface area contributed by atoms with Gasteiger partial charge in [-0.25, -0.2) is 9.97 Å². The average Bonchev–Trinajstić information content (AvgIpc) is 2.61. The number of amides is 1. The molecule has 4 nitrogen and oxygen atoms in total. The van der Waals surface area contributed by atoms with Gasteiger partial charge in [0.05, 0.1) is 11.3 Å². The molecule has 1 unspecified atom stereocenters. The van der Waals surface area contributed by atoms with Crippen molar-refractivity contribution in [2.45, 2.75) is 52.4 Å². The molecular weight excluding hydrogens is 310 g/mol. The molecule has 132 valence electrons. The molecule has 2 heterocycles. The second-order valence-corrected chi connectivity index (χ2v) is 7.33. The minimum absolute atomic E-state index is 0.0612. The fraction of sp³-hybridized carbons (Fsp3) is 0.476. The molecule has 0 bridgehead atoms. The quantitative estimate of drug-likeness (QED) is 0.842. The first-order valence-electron chi connectivity index (χ1n) is 9.15. The summed E-state index contributed by atoms with van der Waals surface area (Å²) >= 11 is 0. The van der Waals surface area contributed by atoms with Crippen LogP contribution in [0.2, 0.25) is 0 Å². The van der Waals surface area contributed by atoms with E-state index in [1.807, 2.05) is 11.8 Å². The Labute approximate surface area is 150 Å². The molecule has 1 saturated heterocycles.